The molecule has 4 rings (SSSR count). The van der Waals surface area contributed by atoms with E-state index in [9.17, 15) is 9.18 Å². The van der Waals surface area contributed by atoms with Crippen molar-refractivity contribution < 1.29 is 18.7 Å². The Kier molecular flexibility index (Phi) is 5.47. The van der Waals surface area contributed by atoms with Gasteiger partial charge in [-0.15, -0.1) is 0 Å². The molecule has 1 aromatic carbocycles. The first kappa shape index (κ1) is 19.6. The van der Waals surface area contributed by atoms with Crippen molar-refractivity contribution >= 4 is 17.4 Å². The Labute approximate surface area is 173 Å². The number of halogens is 1. The number of rotatable bonds is 6. The van der Waals surface area contributed by atoms with Crippen molar-refractivity contribution in [3.8, 4) is 22.8 Å². The zero-order chi connectivity index (χ0) is 21.1. The maximum absolute atomic E-state index is 13.5. The van der Waals surface area contributed by atoms with Crippen LogP contribution in [0, 0.1) is 5.95 Å². The highest BCUT2D eigenvalue weighted by Crippen LogP contribution is 2.32. The molecular formula is C22H21FN4O3. The van der Waals surface area contributed by atoms with Crippen molar-refractivity contribution in [1.82, 2.24) is 9.97 Å². The maximum atomic E-state index is 13.5. The van der Waals surface area contributed by atoms with Crippen LogP contribution >= 0.6 is 0 Å². The molecule has 0 saturated carbocycles. The Morgan fingerprint density at radius 1 is 1.13 bits per heavy atom. The summed E-state index contributed by atoms with van der Waals surface area (Å²) in [4.78, 5) is 22.6. The lowest BCUT2D eigenvalue weighted by Gasteiger charge is -2.18. The third kappa shape index (κ3) is 3.89. The summed E-state index contributed by atoms with van der Waals surface area (Å²) in [5, 5.41) is 3.26. The number of aromatic nitrogens is 2. The number of hydrogen-bond donors (Lipinski definition) is 1. The smallest absolute Gasteiger partial charge is 0.250 e. The first-order valence-corrected chi connectivity index (χ1v) is 9.48. The summed E-state index contributed by atoms with van der Waals surface area (Å²) >= 11 is 0. The van der Waals surface area contributed by atoms with Crippen LogP contribution < -0.4 is 19.7 Å². The fraction of sp³-hybridized carbons (Fsp3) is 0.227. The van der Waals surface area contributed by atoms with Gasteiger partial charge in [0.15, 0.2) is 0 Å². The summed E-state index contributed by atoms with van der Waals surface area (Å²) in [5.41, 5.74) is 2.04. The summed E-state index contributed by atoms with van der Waals surface area (Å²) in [7, 11) is 3.09. The SMILES string of the molecule is COc1cccc(NC2CCN(c3ccc(-c4ccnc(F)c4)c(OC)n3)C2=O)c1. The van der Waals surface area contributed by atoms with Gasteiger partial charge in [0.05, 0.1) is 14.2 Å². The van der Waals surface area contributed by atoms with Gasteiger partial charge in [0.2, 0.25) is 11.8 Å². The van der Waals surface area contributed by atoms with Crippen LogP contribution in [0.25, 0.3) is 11.1 Å². The van der Waals surface area contributed by atoms with Gasteiger partial charge in [-0.2, -0.15) is 9.37 Å². The van der Waals surface area contributed by atoms with Crippen molar-refractivity contribution in [3.63, 3.8) is 0 Å². The van der Waals surface area contributed by atoms with E-state index in [1.807, 2.05) is 24.3 Å². The van der Waals surface area contributed by atoms with Gasteiger partial charge in [-0.25, -0.2) is 4.98 Å². The molecule has 1 fully saturated rings. The molecule has 2 aromatic heterocycles. The molecule has 30 heavy (non-hydrogen) atoms. The fourth-order valence-electron chi connectivity index (χ4n) is 3.48. The van der Waals surface area contributed by atoms with Crippen LogP contribution in [0.3, 0.4) is 0 Å². The van der Waals surface area contributed by atoms with Gasteiger partial charge >= 0.3 is 0 Å². The zero-order valence-corrected chi connectivity index (χ0v) is 16.6. The summed E-state index contributed by atoms with van der Waals surface area (Å²) < 4.78 is 24.1. The molecule has 1 aliphatic heterocycles. The monoisotopic (exact) mass is 408 g/mol. The summed E-state index contributed by atoms with van der Waals surface area (Å²) in [6.07, 6.45) is 2.02. The molecule has 1 amide bonds. The number of methoxy groups -OCH3 is 2. The van der Waals surface area contributed by atoms with Crippen LogP contribution in [0.4, 0.5) is 15.9 Å². The highest BCUT2D eigenvalue weighted by molar-refractivity contribution is 6.00. The zero-order valence-electron chi connectivity index (χ0n) is 16.6. The van der Waals surface area contributed by atoms with Gasteiger partial charge in [0.25, 0.3) is 5.91 Å². The minimum atomic E-state index is -0.584. The number of nitrogens with zero attached hydrogens (tertiary/aromatic N) is 3. The first-order valence-electron chi connectivity index (χ1n) is 9.48. The Morgan fingerprint density at radius 2 is 2.00 bits per heavy atom. The summed E-state index contributed by atoms with van der Waals surface area (Å²) in [6, 6.07) is 13.6. The Hall–Kier alpha value is -3.68. The lowest BCUT2D eigenvalue weighted by Crippen LogP contribution is -2.33. The molecule has 7 nitrogen and oxygen atoms in total. The lowest BCUT2D eigenvalue weighted by atomic mass is 10.1. The number of benzene rings is 1. The molecule has 3 heterocycles. The van der Waals surface area contributed by atoms with Crippen LogP contribution in [0.2, 0.25) is 0 Å². The minimum absolute atomic E-state index is 0.0740. The van der Waals surface area contributed by atoms with Crippen LogP contribution in [0.1, 0.15) is 6.42 Å². The molecule has 3 aromatic rings. The number of carbonyl (C=O) groups excluding carboxylic acids is 1. The summed E-state index contributed by atoms with van der Waals surface area (Å²) in [6.45, 7) is 0.528. The molecule has 0 bridgehead atoms. The van der Waals surface area contributed by atoms with E-state index in [-0.39, 0.29) is 11.9 Å². The Morgan fingerprint density at radius 3 is 2.77 bits per heavy atom. The number of anilines is 2. The largest absolute Gasteiger partial charge is 0.497 e. The highest BCUT2D eigenvalue weighted by Gasteiger charge is 2.33. The third-order valence-corrected chi connectivity index (χ3v) is 4.97. The second-order valence-corrected chi connectivity index (χ2v) is 6.80. The van der Waals surface area contributed by atoms with Gasteiger partial charge in [0.1, 0.15) is 17.6 Å². The molecular weight excluding hydrogens is 387 g/mol. The van der Waals surface area contributed by atoms with E-state index < -0.39 is 5.95 Å². The molecule has 154 valence electrons. The van der Waals surface area contributed by atoms with Crippen LogP contribution in [0.15, 0.2) is 54.7 Å². The van der Waals surface area contributed by atoms with E-state index in [2.05, 4.69) is 15.3 Å². The first-order chi connectivity index (χ1) is 14.6. The number of pyridine rings is 2. The average Bonchev–Trinajstić information content (AvgIpc) is 3.13. The molecule has 1 N–H and O–H groups in total. The number of amides is 1. The predicted octanol–water partition coefficient (Wildman–Crippen LogP) is 3.52. The van der Waals surface area contributed by atoms with E-state index in [4.69, 9.17) is 9.47 Å². The van der Waals surface area contributed by atoms with Crippen molar-refractivity contribution in [1.29, 1.82) is 0 Å². The molecule has 1 aliphatic rings. The quantitative estimate of drug-likeness (QED) is 0.629. The molecule has 0 aliphatic carbocycles. The molecule has 1 unspecified atom stereocenters. The molecule has 0 radical (unpaired) electrons. The minimum Gasteiger partial charge on any atom is -0.497 e. The number of ether oxygens (including phenoxy) is 2. The summed E-state index contributed by atoms with van der Waals surface area (Å²) in [5.74, 6) is 0.868. The number of nitrogens with one attached hydrogen (secondary N) is 1. The van der Waals surface area contributed by atoms with Crippen LogP contribution in [0.5, 0.6) is 11.6 Å². The molecule has 1 atom stereocenters. The van der Waals surface area contributed by atoms with Crippen LogP contribution in [-0.2, 0) is 4.79 Å². The predicted molar refractivity (Wildman–Crippen MR) is 111 cm³/mol. The normalized spacial score (nSPS) is 15.9. The average molecular weight is 408 g/mol. The van der Waals surface area contributed by atoms with E-state index in [1.165, 1.54) is 19.4 Å². The van der Waals surface area contributed by atoms with Crippen molar-refractivity contribution in [2.75, 3.05) is 31.0 Å². The Balaban J connectivity index is 1.55. The molecule has 1 saturated heterocycles. The van der Waals surface area contributed by atoms with E-state index >= 15 is 0 Å². The van der Waals surface area contributed by atoms with Crippen molar-refractivity contribution in [2.24, 2.45) is 0 Å². The van der Waals surface area contributed by atoms with Gasteiger partial charge in [-0.05, 0) is 42.3 Å². The second kappa shape index (κ2) is 8.36. The van der Waals surface area contributed by atoms with Gasteiger partial charge in [-0.3, -0.25) is 9.69 Å². The fourth-order valence-corrected chi connectivity index (χ4v) is 3.48. The third-order valence-electron chi connectivity index (χ3n) is 4.97. The molecule has 0 spiro atoms. The van der Waals surface area contributed by atoms with E-state index in [0.29, 0.717) is 35.8 Å². The maximum Gasteiger partial charge on any atom is 0.250 e. The van der Waals surface area contributed by atoms with Crippen LogP contribution in [-0.4, -0.2) is 42.7 Å². The van der Waals surface area contributed by atoms with Gasteiger partial charge < -0.3 is 14.8 Å². The Bertz CT molecular complexity index is 1080. The number of hydrogen-bond acceptors (Lipinski definition) is 6. The number of carbonyl (C=O) groups is 1. The van der Waals surface area contributed by atoms with Gasteiger partial charge in [0, 0.05) is 36.1 Å². The topological polar surface area (TPSA) is 76.6 Å². The molecule has 8 heteroatoms. The highest BCUT2D eigenvalue weighted by atomic mass is 19.1. The van der Waals surface area contributed by atoms with E-state index in [0.717, 1.165) is 11.4 Å². The van der Waals surface area contributed by atoms with Gasteiger partial charge in [-0.1, -0.05) is 6.07 Å². The second-order valence-electron chi connectivity index (χ2n) is 6.80. The lowest BCUT2D eigenvalue weighted by molar-refractivity contribution is -0.117. The van der Waals surface area contributed by atoms with Crippen molar-refractivity contribution in [3.05, 3.63) is 60.7 Å². The standard InChI is InChI=1S/C22H21FN4O3/c1-29-16-5-3-4-15(13-16)25-18-9-11-27(22(18)28)20-7-6-17(21(26-20)30-2)14-8-10-24-19(23)12-14/h3-8,10,12-13,18,25H,9,11H2,1-2H3. The van der Waals surface area contributed by atoms with Crippen molar-refractivity contribution in [2.45, 2.75) is 12.5 Å². The van der Waals surface area contributed by atoms with E-state index in [1.54, 1.807) is 30.2 Å².